The highest BCUT2D eigenvalue weighted by Crippen LogP contribution is 2.37. The van der Waals surface area contributed by atoms with Crippen molar-refractivity contribution in [2.75, 3.05) is 27.5 Å². The van der Waals surface area contributed by atoms with Crippen molar-refractivity contribution in [1.82, 2.24) is 0 Å². The van der Waals surface area contributed by atoms with Crippen molar-refractivity contribution in [2.45, 2.75) is 39.8 Å². The first kappa shape index (κ1) is 21.9. The van der Waals surface area contributed by atoms with Crippen molar-refractivity contribution in [3.8, 4) is 0 Å². The third-order valence-corrected chi connectivity index (χ3v) is 8.40. The predicted octanol–water partition coefficient (Wildman–Crippen LogP) is 3.63. The first-order valence-electron chi connectivity index (χ1n) is 10.3. The molecular weight excluding hydrogens is 430 g/mol. The molecule has 0 spiro atoms. The van der Waals surface area contributed by atoms with Crippen LogP contribution in [0.3, 0.4) is 0 Å². The van der Waals surface area contributed by atoms with Gasteiger partial charge in [-0.05, 0) is 62.1 Å². The Morgan fingerprint density at radius 2 is 1.74 bits per heavy atom. The zero-order valence-electron chi connectivity index (χ0n) is 18.2. The summed E-state index contributed by atoms with van der Waals surface area (Å²) < 4.78 is 24.5. The zero-order chi connectivity index (χ0) is 22.3. The van der Waals surface area contributed by atoms with Crippen molar-refractivity contribution in [2.24, 2.45) is 4.99 Å². The van der Waals surface area contributed by atoms with Gasteiger partial charge in [-0.25, -0.2) is 8.42 Å². The largest absolute Gasteiger partial charge is 0.325 e. The van der Waals surface area contributed by atoms with Gasteiger partial charge in [-0.3, -0.25) is 9.79 Å². The highest BCUT2D eigenvalue weighted by molar-refractivity contribution is 8.14. The molecular formula is C23H27N3O3S2. The quantitative estimate of drug-likeness (QED) is 0.758. The number of nitrogens with one attached hydrogen (secondary N) is 1. The SMILES string of the molecule is Cc1ccc(C)c(NC(=O)CSC2=N[C@H]3CS(=O)(=O)C[C@H]3N2c2cc(C)ccc2C)c1. The molecule has 2 aromatic carbocycles. The fourth-order valence-electron chi connectivity index (χ4n) is 4.08. The Hall–Kier alpha value is -2.32. The van der Waals surface area contributed by atoms with Crippen molar-refractivity contribution in [1.29, 1.82) is 0 Å². The number of fused-ring (bicyclic) bond motifs is 1. The molecule has 2 heterocycles. The second kappa shape index (κ2) is 8.31. The molecule has 2 aromatic rings. The minimum atomic E-state index is -3.11. The van der Waals surface area contributed by atoms with Crippen LogP contribution in [0.1, 0.15) is 22.3 Å². The van der Waals surface area contributed by atoms with Crippen molar-refractivity contribution in [3.63, 3.8) is 0 Å². The number of carbonyl (C=O) groups is 1. The van der Waals surface area contributed by atoms with E-state index >= 15 is 0 Å². The van der Waals surface area contributed by atoms with E-state index in [9.17, 15) is 13.2 Å². The van der Waals surface area contributed by atoms with Gasteiger partial charge in [0.05, 0.1) is 29.3 Å². The van der Waals surface area contributed by atoms with E-state index in [1.807, 2.05) is 62.9 Å². The standard InChI is InChI=1S/C23H27N3O3S2/c1-14-5-7-16(3)18(9-14)24-22(27)11-30-23-25-19-12-31(28,29)13-21(19)26(23)20-10-15(2)6-8-17(20)4/h5-10,19,21H,11-13H2,1-4H3,(H,24,27)/t19-,21+/m0/s1. The number of anilines is 2. The van der Waals surface area contributed by atoms with Gasteiger partial charge in [0.1, 0.15) is 0 Å². The molecule has 1 saturated heterocycles. The zero-order valence-corrected chi connectivity index (χ0v) is 19.8. The summed E-state index contributed by atoms with van der Waals surface area (Å²) in [5.74, 6) is 0.261. The molecule has 2 aliphatic heterocycles. The summed E-state index contributed by atoms with van der Waals surface area (Å²) in [6.07, 6.45) is 0. The maximum absolute atomic E-state index is 12.6. The summed E-state index contributed by atoms with van der Waals surface area (Å²) in [4.78, 5) is 19.4. The van der Waals surface area contributed by atoms with Crippen LogP contribution in [0.4, 0.5) is 11.4 Å². The number of aliphatic imine (C=N–C) groups is 1. The summed E-state index contributed by atoms with van der Waals surface area (Å²) >= 11 is 1.36. The molecule has 0 saturated carbocycles. The van der Waals surface area contributed by atoms with Gasteiger partial charge in [-0.15, -0.1) is 0 Å². The van der Waals surface area contributed by atoms with Crippen LogP contribution >= 0.6 is 11.8 Å². The number of amidine groups is 1. The average Bonchev–Trinajstić information content (AvgIpc) is 3.16. The minimum Gasteiger partial charge on any atom is -0.325 e. The summed E-state index contributed by atoms with van der Waals surface area (Å²) in [6.45, 7) is 7.99. The Balaban J connectivity index is 1.55. The van der Waals surface area contributed by atoms with Gasteiger partial charge in [0.2, 0.25) is 5.91 Å². The lowest BCUT2D eigenvalue weighted by Crippen LogP contribution is -2.40. The van der Waals surface area contributed by atoms with E-state index in [0.29, 0.717) is 0 Å². The number of nitrogens with zero attached hydrogens (tertiary/aromatic N) is 2. The topological polar surface area (TPSA) is 78.8 Å². The summed E-state index contributed by atoms with van der Waals surface area (Å²) in [7, 11) is -3.11. The number of amides is 1. The highest BCUT2D eigenvalue weighted by atomic mass is 32.2. The molecule has 0 unspecified atom stereocenters. The van der Waals surface area contributed by atoms with E-state index < -0.39 is 9.84 Å². The first-order chi connectivity index (χ1) is 14.6. The molecule has 0 bridgehead atoms. The number of aryl methyl sites for hydroxylation is 4. The number of rotatable bonds is 4. The maximum Gasteiger partial charge on any atom is 0.234 e. The maximum atomic E-state index is 12.6. The van der Waals surface area contributed by atoms with E-state index in [0.717, 1.165) is 38.8 Å². The van der Waals surface area contributed by atoms with E-state index in [-0.39, 0.29) is 35.2 Å². The smallest absolute Gasteiger partial charge is 0.234 e. The second-order valence-electron chi connectivity index (χ2n) is 8.44. The lowest BCUT2D eigenvalue weighted by atomic mass is 10.1. The number of sulfone groups is 1. The van der Waals surface area contributed by atoms with Gasteiger partial charge in [0.25, 0.3) is 0 Å². The van der Waals surface area contributed by atoms with Gasteiger partial charge in [-0.2, -0.15) is 0 Å². The Labute approximate surface area is 188 Å². The molecule has 0 aliphatic carbocycles. The van der Waals surface area contributed by atoms with Crippen LogP contribution in [0, 0.1) is 27.7 Å². The average molecular weight is 458 g/mol. The molecule has 6 nitrogen and oxygen atoms in total. The summed E-state index contributed by atoms with van der Waals surface area (Å²) in [5.41, 5.74) is 6.03. The van der Waals surface area contributed by atoms with Crippen LogP contribution in [0.5, 0.6) is 0 Å². The van der Waals surface area contributed by atoms with Gasteiger partial charge in [0.15, 0.2) is 15.0 Å². The minimum absolute atomic E-state index is 0.0672. The molecule has 2 aliphatic rings. The molecule has 0 aromatic heterocycles. The summed E-state index contributed by atoms with van der Waals surface area (Å²) in [5, 5.41) is 3.70. The molecule has 2 atom stereocenters. The number of hydrogen-bond acceptors (Lipinski definition) is 6. The van der Waals surface area contributed by atoms with Gasteiger partial charge in [-0.1, -0.05) is 36.0 Å². The second-order valence-corrected chi connectivity index (χ2v) is 11.5. The Kier molecular flexibility index (Phi) is 5.87. The Bertz CT molecular complexity index is 1170. The van der Waals surface area contributed by atoms with E-state index in [1.165, 1.54) is 11.8 Å². The normalized spacial score (nSPS) is 21.7. The van der Waals surface area contributed by atoms with Crippen LogP contribution in [-0.4, -0.2) is 48.8 Å². The Morgan fingerprint density at radius 1 is 1.06 bits per heavy atom. The third kappa shape index (κ3) is 4.65. The van der Waals surface area contributed by atoms with Gasteiger partial charge < -0.3 is 10.2 Å². The molecule has 1 fully saturated rings. The lowest BCUT2D eigenvalue weighted by molar-refractivity contribution is -0.113. The molecule has 1 amide bonds. The fourth-order valence-corrected chi connectivity index (χ4v) is 6.84. The van der Waals surface area contributed by atoms with E-state index in [2.05, 4.69) is 11.4 Å². The van der Waals surface area contributed by atoms with Crippen LogP contribution < -0.4 is 10.2 Å². The third-order valence-electron chi connectivity index (χ3n) is 5.73. The first-order valence-corrected chi connectivity index (χ1v) is 13.1. The molecule has 0 radical (unpaired) electrons. The van der Waals surface area contributed by atoms with E-state index in [1.54, 1.807) is 0 Å². The van der Waals surface area contributed by atoms with Crippen molar-refractivity contribution >= 4 is 44.0 Å². The molecule has 4 rings (SSSR count). The molecule has 1 N–H and O–H groups in total. The fraction of sp³-hybridized carbons (Fsp3) is 0.391. The monoisotopic (exact) mass is 457 g/mol. The summed E-state index contributed by atoms with van der Waals surface area (Å²) in [6, 6.07) is 11.6. The molecule has 8 heteroatoms. The molecule has 31 heavy (non-hydrogen) atoms. The van der Waals surface area contributed by atoms with Crippen LogP contribution in [0.15, 0.2) is 41.4 Å². The van der Waals surface area contributed by atoms with Crippen LogP contribution in [0.25, 0.3) is 0 Å². The van der Waals surface area contributed by atoms with Crippen LogP contribution in [0.2, 0.25) is 0 Å². The van der Waals surface area contributed by atoms with E-state index in [4.69, 9.17) is 4.99 Å². The van der Waals surface area contributed by atoms with Crippen molar-refractivity contribution in [3.05, 3.63) is 58.7 Å². The highest BCUT2D eigenvalue weighted by Gasteiger charge is 2.47. The number of hydrogen-bond donors (Lipinski definition) is 1. The number of benzene rings is 2. The molecule has 164 valence electrons. The van der Waals surface area contributed by atoms with Crippen LogP contribution in [-0.2, 0) is 14.6 Å². The Morgan fingerprint density at radius 3 is 2.48 bits per heavy atom. The number of carbonyl (C=O) groups excluding carboxylic acids is 1. The number of thioether (sulfide) groups is 1. The van der Waals surface area contributed by atoms with Gasteiger partial charge >= 0.3 is 0 Å². The lowest BCUT2D eigenvalue weighted by Gasteiger charge is -2.28. The van der Waals surface area contributed by atoms with Crippen molar-refractivity contribution < 1.29 is 13.2 Å². The van der Waals surface area contributed by atoms with Gasteiger partial charge in [0, 0.05) is 11.4 Å². The predicted molar refractivity (Wildman–Crippen MR) is 129 cm³/mol.